The number of rotatable bonds is 4. The van der Waals surface area contributed by atoms with E-state index >= 15 is 0 Å². The van der Waals surface area contributed by atoms with E-state index < -0.39 is 10.0 Å². The average Bonchev–Trinajstić information content (AvgIpc) is 2.81. The molecule has 0 saturated carbocycles. The van der Waals surface area contributed by atoms with Gasteiger partial charge in [0.05, 0.1) is 11.9 Å². The van der Waals surface area contributed by atoms with Crippen LogP contribution in [0.15, 0.2) is 34.7 Å². The zero-order valence-corrected chi connectivity index (χ0v) is 11.4. The van der Waals surface area contributed by atoms with Crippen molar-refractivity contribution in [2.24, 2.45) is 0 Å². The first kappa shape index (κ1) is 12.8. The van der Waals surface area contributed by atoms with Gasteiger partial charge in [-0.15, -0.1) is 11.3 Å². The fourth-order valence-corrected chi connectivity index (χ4v) is 3.65. The molecule has 0 aliphatic heterocycles. The zero-order chi connectivity index (χ0) is 13.2. The van der Waals surface area contributed by atoms with Crippen LogP contribution in [0.25, 0.3) is 0 Å². The molecule has 0 radical (unpaired) electrons. The van der Waals surface area contributed by atoms with Crippen LogP contribution in [0.2, 0.25) is 0 Å². The highest BCUT2D eigenvalue weighted by atomic mass is 32.2. The Morgan fingerprint density at radius 3 is 2.67 bits per heavy atom. The van der Waals surface area contributed by atoms with Gasteiger partial charge in [0.2, 0.25) is 0 Å². The van der Waals surface area contributed by atoms with Crippen LogP contribution in [0.3, 0.4) is 0 Å². The summed E-state index contributed by atoms with van der Waals surface area (Å²) in [5, 5.41) is 0. The molecule has 3 N–H and O–H groups in total. The molecule has 0 atom stereocenters. The summed E-state index contributed by atoms with van der Waals surface area (Å²) >= 11 is 1.26. The van der Waals surface area contributed by atoms with Crippen molar-refractivity contribution in [3.05, 3.63) is 35.3 Å². The van der Waals surface area contributed by atoms with Gasteiger partial charge in [-0.1, -0.05) is 6.92 Å². The zero-order valence-electron chi connectivity index (χ0n) is 9.75. The summed E-state index contributed by atoms with van der Waals surface area (Å²) in [4.78, 5) is 4.93. The van der Waals surface area contributed by atoms with E-state index in [1.807, 2.05) is 13.0 Å². The number of thiophene rings is 1. The van der Waals surface area contributed by atoms with Crippen molar-refractivity contribution >= 4 is 32.9 Å². The number of nitrogens with zero attached hydrogens (tertiary/aromatic N) is 1. The molecule has 0 unspecified atom stereocenters. The Hall–Kier alpha value is -1.60. The third-order valence-corrected chi connectivity index (χ3v) is 5.35. The molecule has 5 nitrogen and oxygen atoms in total. The third kappa shape index (κ3) is 2.80. The maximum atomic E-state index is 12.0. The molecular formula is C11H13N3O2S2. The largest absolute Gasteiger partial charge is 0.397 e. The number of nitrogen functional groups attached to an aromatic ring is 1. The Morgan fingerprint density at radius 1 is 1.33 bits per heavy atom. The summed E-state index contributed by atoms with van der Waals surface area (Å²) < 4.78 is 26.8. The predicted molar refractivity (Wildman–Crippen MR) is 73.2 cm³/mol. The van der Waals surface area contributed by atoms with Crippen molar-refractivity contribution in [2.75, 3.05) is 10.5 Å². The fourth-order valence-electron chi connectivity index (χ4n) is 1.35. The predicted octanol–water partition coefficient (Wildman–Crippen LogP) is 2.09. The van der Waals surface area contributed by atoms with Crippen LogP contribution in [-0.4, -0.2) is 13.4 Å². The minimum atomic E-state index is -3.55. The number of pyridine rings is 1. The van der Waals surface area contributed by atoms with Gasteiger partial charge in [-0.2, -0.15) is 0 Å². The molecule has 2 aromatic heterocycles. The third-order valence-electron chi connectivity index (χ3n) is 2.28. The Labute approximate surface area is 110 Å². The highest BCUT2D eigenvalue weighted by molar-refractivity contribution is 7.94. The van der Waals surface area contributed by atoms with E-state index in [0.29, 0.717) is 5.69 Å². The van der Waals surface area contributed by atoms with Gasteiger partial charge in [0.1, 0.15) is 10.0 Å². The van der Waals surface area contributed by atoms with Gasteiger partial charge < -0.3 is 5.73 Å². The van der Waals surface area contributed by atoms with Crippen molar-refractivity contribution in [2.45, 2.75) is 17.6 Å². The van der Waals surface area contributed by atoms with Gasteiger partial charge in [-0.3, -0.25) is 4.72 Å². The first-order valence-corrected chi connectivity index (χ1v) is 7.64. The number of nitrogens with two attached hydrogens (primary N) is 1. The molecule has 2 rings (SSSR count). The molecule has 18 heavy (non-hydrogen) atoms. The molecule has 2 heterocycles. The second-order valence-electron chi connectivity index (χ2n) is 3.66. The Kier molecular flexibility index (Phi) is 3.53. The highest BCUT2D eigenvalue weighted by Crippen LogP contribution is 2.23. The molecule has 96 valence electrons. The standard InChI is InChI=1S/C11H13N3O2S2/c1-2-9-4-6-11(17-9)18(15,16)14-10-5-3-8(12)7-13-10/h3-7H,2,12H2,1H3,(H,13,14). The molecule has 0 aliphatic rings. The summed E-state index contributed by atoms with van der Waals surface area (Å²) in [5.41, 5.74) is 5.97. The van der Waals surface area contributed by atoms with Crippen LogP contribution >= 0.6 is 11.3 Å². The fraction of sp³-hybridized carbons (Fsp3) is 0.182. The van der Waals surface area contributed by atoms with Crippen LogP contribution in [0.1, 0.15) is 11.8 Å². The summed E-state index contributed by atoms with van der Waals surface area (Å²) in [5.74, 6) is 0.260. The molecule has 0 saturated heterocycles. The van der Waals surface area contributed by atoms with Crippen LogP contribution in [0, 0.1) is 0 Å². The lowest BCUT2D eigenvalue weighted by Crippen LogP contribution is -2.12. The molecule has 0 fully saturated rings. The topological polar surface area (TPSA) is 85.1 Å². The van der Waals surface area contributed by atoms with E-state index in [9.17, 15) is 8.42 Å². The Balaban J connectivity index is 2.24. The van der Waals surface area contributed by atoms with E-state index in [2.05, 4.69) is 9.71 Å². The van der Waals surface area contributed by atoms with Gasteiger partial charge in [0, 0.05) is 4.88 Å². The summed E-state index contributed by atoms with van der Waals surface area (Å²) in [7, 11) is -3.55. The molecule has 0 aliphatic carbocycles. The minimum Gasteiger partial charge on any atom is -0.397 e. The van der Waals surface area contributed by atoms with Gasteiger partial charge in [0.25, 0.3) is 10.0 Å². The maximum absolute atomic E-state index is 12.0. The van der Waals surface area contributed by atoms with Gasteiger partial charge in [-0.05, 0) is 30.7 Å². The van der Waals surface area contributed by atoms with Gasteiger partial charge in [-0.25, -0.2) is 13.4 Å². The van der Waals surface area contributed by atoms with Crippen LogP contribution in [0.4, 0.5) is 11.5 Å². The molecule has 0 amide bonds. The SMILES string of the molecule is CCc1ccc(S(=O)(=O)Nc2ccc(N)cn2)s1. The molecule has 0 aromatic carbocycles. The summed E-state index contributed by atoms with van der Waals surface area (Å²) in [6.45, 7) is 1.98. The average molecular weight is 283 g/mol. The number of sulfonamides is 1. The lowest BCUT2D eigenvalue weighted by molar-refractivity contribution is 0.603. The maximum Gasteiger partial charge on any atom is 0.272 e. The number of anilines is 2. The van der Waals surface area contributed by atoms with Gasteiger partial charge >= 0.3 is 0 Å². The van der Waals surface area contributed by atoms with E-state index in [0.717, 1.165) is 11.3 Å². The molecular weight excluding hydrogens is 270 g/mol. The highest BCUT2D eigenvalue weighted by Gasteiger charge is 2.17. The molecule has 7 heteroatoms. The molecule has 0 spiro atoms. The van der Waals surface area contributed by atoms with Crippen LogP contribution < -0.4 is 10.5 Å². The van der Waals surface area contributed by atoms with Crippen molar-refractivity contribution in [3.63, 3.8) is 0 Å². The summed E-state index contributed by atoms with van der Waals surface area (Å²) in [6, 6.07) is 6.54. The van der Waals surface area contributed by atoms with Crippen molar-refractivity contribution < 1.29 is 8.42 Å². The minimum absolute atomic E-state index is 0.260. The smallest absolute Gasteiger partial charge is 0.272 e. The Bertz CT molecular complexity index is 633. The van der Waals surface area contributed by atoms with E-state index in [-0.39, 0.29) is 10.0 Å². The lowest BCUT2D eigenvalue weighted by Gasteiger charge is -2.05. The molecule has 2 aromatic rings. The molecule has 0 bridgehead atoms. The van der Waals surface area contributed by atoms with E-state index in [1.165, 1.54) is 23.6 Å². The van der Waals surface area contributed by atoms with Gasteiger partial charge in [0.15, 0.2) is 0 Å². The number of aromatic nitrogens is 1. The van der Waals surface area contributed by atoms with Crippen molar-refractivity contribution in [3.8, 4) is 0 Å². The number of hydrogen-bond donors (Lipinski definition) is 2. The lowest BCUT2D eigenvalue weighted by atomic mass is 10.4. The quantitative estimate of drug-likeness (QED) is 0.899. The van der Waals surface area contributed by atoms with Crippen molar-refractivity contribution in [1.29, 1.82) is 0 Å². The van der Waals surface area contributed by atoms with E-state index in [1.54, 1.807) is 12.1 Å². The second kappa shape index (κ2) is 4.95. The normalized spacial score (nSPS) is 11.4. The summed E-state index contributed by atoms with van der Waals surface area (Å²) in [6.07, 6.45) is 2.23. The Morgan fingerprint density at radius 2 is 2.11 bits per heavy atom. The van der Waals surface area contributed by atoms with Crippen LogP contribution in [-0.2, 0) is 16.4 Å². The monoisotopic (exact) mass is 283 g/mol. The van der Waals surface area contributed by atoms with Crippen molar-refractivity contribution in [1.82, 2.24) is 4.98 Å². The van der Waals surface area contributed by atoms with Crippen LogP contribution in [0.5, 0.6) is 0 Å². The number of hydrogen-bond acceptors (Lipinski definition) is 5. The van der Waals surface area contributed by atoms with E-state index in [4.69, 9.17) is 5.73 Å². The second-order valence-corrected chi connectivity index (χ2v) is 6.73. The number of nitrogens with one attached hydrogen (secondary N) is 1. The first-order valence-electron chi connectivity index (χ1n) is 5.34. The first-order chi connectivity index (χ1) is 8.51. The number of aryl methyl sites for hydroxylation is 1.